The lowest BCUT2D eigenvalue weighted by Gasteiger charge is -2.09. The lowest BCUT2D eigenvalue weighted by molar-refractivity contribution is 0.669. The number of benzene rings is 8. The van der Waals surface area contributed by atoms with E-state index in [-0.39, 0.29) is 0 Å². The van der Waals surface area contributed by atoms with Crippen molar-refractivity contribution >= 4 is 65.4 Å². The molecule has 8 aromatic carbocycles. The van der Waals surface area contributed by atoms with Gasteiger partial charge in [-0.15, -0.1) is 0 Å². The Labute approximate surface area is 297 Å². The Kier molecular flexibility index (Phi) is 6.18. The molecule has 52 heavy (non-hydrogen) atoms. The zero-order valence-corrected chi connectivity index (χ0v) is 27.7. The third kappa shape index (κ3) is 4.46. The summed E-state index contributed by atoms with van der Waals surface area (Å²) in [6.07, 6.45) is 0. The number of hydrogen-bond acceptors (Lipinski definition) is 5. The molecule has 0 bridgehead atoms. The fourth-order valence-corrected chi connectivity index (χ4v) is 7.59. The van der Waals surface area contributed by atoms with E-state index in [9.17, 15) is 0 Å². The van der Waals surface area contributed by atoms with Crippen LogP contribution < -0.4 is 0 Å². The average Bonchev–Trinajstić information content (AvgIpc) is 3.79. The molecule has 11 aromatic rings. The fourth-order valence-electron chi connectivity index (χ4n) is 7.59. The molecule has 0 unspecified atom stereocenters. The molecule has 0 radical (unpaired) electrons. The van der Waals surface area contributed by atoms with Crippen LogP contribution in [-0.2, 0) is 0 Å². The Balaban J connectivity index is 1.03. The highest BCUT2D eigenvalue weighted by Gasteiger charge is 2.18. The van der Waals surface area contributed by atoms with Crippen molar-refractivity contribution in [2.75, 3.05) is 0 Å². The number of nitrogens with zero attached hydrogens (tertiary/aromatic N) is 3. The summed E-state index contributed by atoms with van der Waals surface area (Å²) in [4.78, 5) is 14.9. The van der Waals surface area contributed by atoms with E-state index >= 15 is 0 Å². The van der Waals surface area contributed by atoms with Gasteiger partial charge in [-0.1, -0.05) is 140 Å². The van der Waals surface area contributed by atoms with Gasteiger partial charge in [-0.2, -0.15) is 0 Å². The second-order valence-corrected chi connectivity index (χ2v) is 13.2. The minimum absolute atomic E-state index is 0.585. The number of furan rings is 2. The summed E-state index contributed by atoms with van der Waals surface area (Å²) < 4.78 is 13.0. The summed E-state index contributed by atoms with van der Waals surface area (Å²) >= 11 is 0. The molecular formula is C47H27N3O2. The molecule has 0 saturated heterocycles. The van der Waals surface area contributed by atoms with E-state index in [0.717, 1.165) is 77.1 Å². The molecule has 11 rings (SSSR count). The molecule has 0 N–H and O–H groups in total. The van der Waals surface area contributed by atoms with Crippen LogP contribution in [0.3, 0.4) is 0 Å². The topological polar surface area (TPSA) is 65.0 Å². The van der Waals surface area contributed by atoms with Crippen LogP contribution in [0.4, 0.5) is 0 Å². The zero-order chi connectivity index (χ0) is 34.2. The Morgan fingerprint density at radius 1 is 0.327 bits per heavy atom. The number of hydrogen-bond donors (Lipinski definition) is 0. The third-order valence-corrected chi connectivity index (χ3v) is 10.1. The smallest absolute Gasteiger partial charge is 0.164 e. The van der Waals surface area contributed by atoms with Gasteiger partial charge >= 0.3 is 0 Å². The van der Waals surface area contributed by atoms with Crippen LogP contribution in [0.25, 0.3) is 111 Å². The summed E-state index contributed by atoms with van der Waals surface area (Å²) in [5.41, 5.74) is 8.21. The second-order valence-electron chi connectivity index (χ2n) is 13.2. The highest BCUT2D eigenvalue weighted by molar-refractivity contribution is 6.24. The van der Waals surface area contributed by atoms with Gasteiger partial charge in [0.05, 0.1) is 0 Å². The Bertz CT molecular complexity index is 3180. The summed E-state index contributed by atoms with van der Waals surface area (Å²) in [6.45, 7) is 0. The summed E-state index contributed by atoms with van der Waals surface area (Å²) in [5.74, 6) is 1.80. The molecule has 5 nitrogen and oxygen atoms in total. The van der Waals surface area contributed by atoms with Crippen molar-refractivity contribution in [1.82, 2.24) is 15.0 Å². The van der Waals surface area contributed by atoms with E-state index in [1.807, 2.05) is 54.6 Å². The molecule has 0 saturated carbocycles. The van der Waals surface area contributed by atoms with Crippen LogP contribution in [0.1, 0.15) is 0 Å². The number of rotatable bonds is 4. The predicted octanol–water partition coefficient (Wildman–Crippen LogP) is 12.6. The fraction of sp³-hybridized carbons (Fsp3) is 0. The van der Waals surface area contributed by atoms with Gasteiger partial charge in [0.2, 0.25) is 0 Å². The maximum atomic E-state index is 6.81. The first-order valence-electron chi connectivity index (χ1n) is 17.3. The largest absolute Gasteiger partial charge is 0.456 e. The van der Waals surface area contributed by atoms with Crippen LogP contribution >= 0.6 is 0 Å². The SMILES string of the molecule is c1ccc(-c2nc(-c3ccc(-c4cccc5c4oc4c5ccc5ccc6ccccc6c54)cc3)nc(-c3ccc4c(c3)oc3ccccc34)n2)cc1. The number of para-hydroxylation sites is 2. The summed E-state index contributed by atoms with van der Waals surface area (Å²) in [6, 6.07) is 56.3. The first-order valence-corrected chi connectivity index (χ1v) is 17.3. The molecule has 5 heteroatoms. The van der Waals surface area contributed by atoms with E-state index < -0.39 is 0 Å². The van der Waals surface area contributed by atoms with E-state index in [2.05, 4.69) is 109 Å². The van der Waals surface area contributed by atoms with E-state index in [1.165, 1.54) is 16.2 Å². The van der Waals surface area contributed by atoms with E-state index in [0.29, 0.717) is 17.5 Å². The van der Waals surface area contributed by atoms with Crippen molar-refractivity contribution in [3.05, 3.63) is 164 Å². The lowest BCUT2D eigenvalue weighted by atomic mass is 9.98. The van der Waals surface area contributed by atoms with Crippen molar-refractivity contribution in [3.63, 3.8) is 0 Å². The normalized spacial score (nSPS) is 11.8. The van der Waals surface area contributed by atoms with E-state index in [4.69, 9.17) is 23.8 Å². The van der Waals surface area contributed by atoms with Crippen LogP contribution in [0.5, 0.6) is 0 Å². The Morgan fingerprint density at radius 2 is 0.904 bits per heavy atom. The third-order valence-electron chi connectivity index (χ3n) is 10.1. The first-order chi connectivity index (χ1) is 25.7. The van der Waals surface area contributed by atoms with Crippen molar-refractivity contribution in [1.29, 1.82) is 0 Å². The molecule has 0 spiro atoms. The average molecular weight is 666 g/mol. The highest BCUT2D eigenvalue weighted by Crippen LogP contribution is 2.41. The molecule has 0 fully saturated rings. The molecule has 0 aliphatic rings. The zero-order valence-electron chi connectivity index (χ0n) is 27.7. The minimum Gasteiger partial charge on any atom is -0.456 e. The van der Waals surface area contributed by atoms with Crippen LogP contribution in [0.2, 0.25) is 0 Å². The Morgan fingerprint density at radius 3 is 1.75 bits per heavy atom. The molecule has 0 aliphatic carbocycles. The second kappa shape index (κ2) is 11.2. The van der Waals surface area contributed by atoms with Gasteiger partial charge in [-0.05, 0) is 46.0 Å². The summed E-state index contributed by atoms with van der Waals surface area (Å²) in [7, 11) is 0. The number of aromatic nitrogens is 3. The molecule has 0 atom stereocenters. The Hall–Kier alpha value is -7.11. The van der Waals surface area contributed by atoms with Crippen LogP contribution in [-0.4, -0.2) is 15.0 Å². The molecule has 0 amide bonds. The maximum Gasteiger partial charge on any atom is 0.164 e. The standard InChI is InChI=1S/C47H27N3O2/c1-2-10-31(11-3-1)45-48-46(50-47(49-45)33-24-25-37-36-13-6-7-16-40(36)51-41(37)27-33)32-21-18-29(19-22-32)35-14-8-15-38-39-26-23-30-20-17-28-9-4-5-12-34(28)42(30)44(39)52-43(35)38/h1-27H. The predicted molar refractivity (Wildman–Crippen MR) is 211 cm³/mol. The quantitative estimate of drug-likeness (QED) is 0.175. The molecule has 3 heterocycles. The van der Waals surface area contributed by atoms with E-state index in [1.54, 1.807) is 0 Å². The lowest BCUT2D eigenvalue weighted by Crippen LogP contribution is -2.00. The maximum absolute atomic E-state index is 6.81. The van der Waals surface area contributed by atoms with Crippen LogP contribution in [0, 0.1) is 0 Å². The van der Waals surface area contributed by atoms with Crippen molar-refractivity contribution in [2.24, 2.45) is 0 Å². The monoisotopic (exact) mass is 665 g/mol. The van der Waals surface area contributed by atoms with Crippen LogP contribution in [0.15, 0.2) is 173 Å². The highest BCUT2D eigenvalue weighted by atomic mass is 16.3. The van der Waals surface area contributed by atoms with Gasteiger partial charge in [-0.3, -0.25) is 0 Å². The van der Waals surface area contributed by atoms with Gasteiger partial charge < -0.3 is 8.83 Å². The van der Waals surface area contributed by atoms with Crippen molar-refractivity contribution in [2.45, 2.75) is 0 Å². The van der Waals surface area contributed by atoms with Gasteiger partial charge in [0.15, 0.2) is 17.5 Å². The molecular weight excluding hydrogens is 639 g/mol. The minimum atomic E-state index is 0.585. The van der Waals surface area contributed by atoms with Gasteiger partial charge in [0, 0.05) is 49.2 Å². The van der Waals surface area contributed by atoms with Crippen molar-refractivity contribution in [3.8, 4) is 45.3 Å². The van der Waals surface area contributed by atoms with Gasteiger partial charge in [0.1, 0.15) is 22.3 Å². The van der Waals surface area contributed by atoms with Gasteiger partial charge in [0.25, 0.3) is 0 Å². The molecule has 3 aromatic heterocycles. The first kappa shape index (κ1) is 28.7. The van der Waals surface area contributed by atoms with Crippen molar-refractivity contribution < 1.29 is 8.83 Å². The van der Waals surface area contributed by atoms with Gasteiger partial charge in [-0.25, -0.2) is 15.0 Å². The number of fused-ring (bicyclic) bond motifs is 10. The molecule has 0 aliphatic heterocycles. The summed E-state index contributed by atoms with van der Waals surface area (Å²) in [5, 5.41) is 9.07. The molecule has 242 valence electrons.